The first kappa shape index (κ1) is 16.9. The quantitative estimate of drug-likeness (QED) is 0.501. The van der Waals surface area contributed by atoms with Crippen molar-refractivity contribution >= 4 is 11.4 Å². The molecular formula is C13H24ClN3O. The topological polar surface area (TPSA) is 61.3 Å². The number of nitrogens with zero attached hydrogens (tertiary/aromatic N) is 1. The molecule has 0 amide bonds. The third-order valence-electron chi connectivity index (χ3n) is 3.45. The van der Waals surface area contributed by atoms with Gasteiger partial charge in [0.15, 0.2) is 0 Å². The van der Waals surface area contributed by atoms with E-state index in [1.807, 2.05) is 6.07 Å². The van der Waals surface area contributed by atoms with E-state index < -0.39 is 0 Å². The molecule has 0 aromatic heterocycles. The SMILES string of the molecule is CC[N+](C)(CC)CCOc1ccc(N)cc1N.[Cl-]. The standard InChI is InChI=1S/C13H24N3O.ClH/c1-4-16(3,5-2)8-9-17-13-7-6-11(14)10-12(13)15;/h6-7,10H,4-5,8-9,14-15H2,1-3H3;1H/q+1;/p-1. The summed E-state index contributed by atoms with van der Waals surface area (Å²) < 4.78 is 6.70. The number of hydrogen-bond acceptors (Lipinski definition) is 3. The van der Waals surface area contributed by atoms with Crippen molar-refractivity contribution in [3.8, 4) is 5.75 Å². The highest BCUT2D eigenvalue weighted by Crippen LogP contribution is 2.23. The fourth-order valence-electron chi connectivity index (χ4n) is 1.61. The summed E-state index contributed by atoms with van der Waals surface area (Å²) >= 11 is 0. The molecule has 104 valence electrons. The van der Waals surface area contributed by atoms with E-state index >= 15 is 0 Å². The molecule has 0 fully saturated rings. The van der Waals surface area contributed by atoms with Crippen LogP contribution >= 0.6 is 0 Å². The first-order chi connectivity index (χ1) is 8.00. The molecule has 5 heteroatoms. The van der Waals surface area contributed by atoms with Crippen molar-refractivity contribution in [2.24, 2.45) is 0 Å². The van der Waals surface area contributed by atoms with Crippen LogP contribution in [0.4, 0.5) is 11.4 Å². The number of halogens is 1. The highest BCUT2D eigenvalue weighted by Gasteiger charge is 2.16. The highest BCUT2D eigenvalue weighted by molar-refractivity contribution is 5.60. The number of quaternary nitrogens is 1. The maximum Gasteiger partial charge on any atom is 0.142 e. The van der Waals surface area contributed by atoms with Crippen molar-refractivity contribution < 1.29 is 21.6 Å². The minimum Gasteiger partial charge on any atom is -1.00 e. The molecule has 1 rings (SSSR count). The average molecular weight is 274 g/mol. The highest BCUT2D eigenvalue weighted by atomic mass is 35.5. The van der Waals surface area contributed by atoms with E-state index in [1.54, 1.807) is 12.1 Å². The van der Waals surface area contributed by atoms with Gasteiger partial charge in [0.25, 0.3) is 0 Å². The van der Waals surface area contributed by atoms with E-state index in [1.165, 1.54) is 0 Å². The Balaban J connectivity index is 0.00000289. The zero-order chi connectivity index (χ0) is 12.9. The van der Waals surface area contributed by atoms with Crippen LogP contribution in [0.5, 0.6) is 5.75 Å². The number of nitrogens with two attached hydrogens (primary N) is 2. The molecule has 0 saturated heterocycles. The van der Waals surface area contributed by atoms with Crippen LogP contribution in [-0.4, -0.2) is 37.8 Å². The lowest BCUT2D eigenvalue weighted by molar-refractivity contribution is -0.906. The summed E-state index contributed by atoms with van der Waals surface area (Å²) in [5, 5.41) is 0. The molecule has 0 saturated carbocycles. The number of hydrogen-bond donors (Lipinski definition) is 2. The summed E-state index contributed by atoms with van der Waals surface area (Å²) in [6.07, 6.45) is 0. The van der Waals surface area contributed by atoms with Gasteiger partial charge >= 0.3 is 0 Å². The Morgan fingerprint density at radius 1 is 1.17 bits per heavy atom. The van der Waals surface area contributed by atoms with Crippen molar-refractivity contribution in [1.82, 2.24) is 0 Å². The smallest absolute Gasteiger partial charge is 0.142 e. The summed E-state index contributed by atoms with van der Waals surface area (Å²) in [6.45, 7) is 8.26. The van der Waals surface area contributed by atoms with Gasteiger partial charge in [-0.1, -0.05) is 0 Å². The molecule has 0 aliphatic carbocycles. The van der Waals surface area contributed by atoms with E-state index in [-0.39, 0.29) is 12.4 Å². The van der Waals surface area contributed by atoms with Crippen LogP contribution in [0.2, 0.25) is 0 Å². The van der Waals surface area contributed by atoms with E-state index in [0.717, 1.165) is 29.9 Å². The van der Waals surface area contributed by atoms with Gasteiger partial charge in [0, 0.05) is 5.69 Å². The van der Waals surface area contributed by atoms with Crippen LogP contribution in [0, 0.1) is 0 Å². The number of anilines is 2. The van der Waals surface area contributed by atoms with Crippen LogP contribution in [-0.2, 0) is 0 Å². The van der Waals surface area contributed by atoms with Crippen molar-refractivity contribution in [3.05, 3.63) is 18.2 Å². The minimum absolute atomic E-state index is 0. The molecule has 0 unspecified atom stereocenters. The summed E-state index contributed by atoms with van der Waals surface area (Å²) in [5.41, 5.74) is 12.7. The summed E-state index contributed by atoms with van der Waals surface area (Å²) in [5.74, 6) is 0.720. The Labute approximate surface area is 116 Å². The molecule has 0 aliphatic heterocycles. The second kappa shape index (κ2) is 7.34. The fourth-order valence-corrected chi connectivity index (χ4v) is 1.61. The van der Waals surface area contributed by atoms with Crippen LogP contribution in [0.25, 0.3) is 0 Å². The third-order valence-corrected chi connectivity index (χ3v) is 3.45. The number of ether oxygens (including phenoxy) is 1. The first-order valence-corrected chi connectivity index (χ1v) is 6.12. The van der Waals surface area contributed by atoms with E-state index in [0.29, 0.717) is 18.0 Å². The maximum absolute atomic E-state index is 5.83. The fraction of sp³-hybridized carbons (Fsp3) is 0.538. The van der Waals surface area contributed by atoms with Gasteiger partial charge in [-0.2, -0.15) is 0 Å². The second-order valence-electron chi connectivity index (χ2n) is 4.62. The molecule has 0 spiro atoms. The zero-order valence-corrected chi connectivity index (χ0v) is 12.2. The molecule has 4 nitrogen and oxygen atoms in total. The van der Waals surface area contributed by atoms with E-state index in [2.05, 4.69) is 20.9 Å². The van der Waals surface area contributed by atoms with Crippen molar-refractivity contribution in [2.45, 2.75) is 13.8 Å². The van der Waals surface area contributed by atoms with Gasteiger partial charge in [0.2, 0.25) is 0 Å². The summed E-state index contributed by atoms with van der Waals surface area (Å²) in [6, 6.07) is 5.36. The lowest BCUT2D eigenvalue weighted by Gasteiger charge is -2.31. The molecule has 0 aliphatic rings. The molecule has 0 atom stereocenters. The van der Waals surface area contributed by atoms with E-state index in [4.69, 9.17) is 16.2 Å². The lowest BCUT2D eigenvalue weighted by atomic mass is 10.2. The Kier molecular flexibility index (Phi) is 6.88. The van der Waals surface area contributed by atoms with Crippen LogP contribution in [0.15, 0.2) is 18.2 Å². The minimum atomic E-state index is 0. The lowest BCUT2D eigenvalue weighted by Crippen LogP contribution is -3.00. The number of rotatable bonds is 6. The predicted molar refractivity (Wildman–Crippen MR) is 72.9 cm³/mol. The number of benzene rings is 1. The maximum atomic E-state index is 5.83. The molecule has 0 heterocycles. The second-order valence-corrected chi connectivity index (χ2v) is 4.62. The molecule has 4 N–H and O–H groups in total. The van der Waals surface area contributed by atoms with Gasteiger partial charge in [0.1, 0.15) is 18.9 Å². The predicted octanol–water partition coefficient (Wildman–Crippen LogP) is -1.28. The zero-order valence-electron chi connectivity index (χ0n) is 11.4. The molecule has 0 bridgehead atoms. The number of nitrogen functional groups attached to an aromatic ring is 2. The van der Waals surface area contributed by atoms with Crippen molar-refractivity contribution in [3.63, 3.8) is 0 Å². The molecule has 1 aromatic carbocycles. The average Bonchev–Trinajstić information content (AvgIpc) is 2.32. The summed E-state index contributed by atoms with van der Waals surface area (Å²) in [7, 11) is 2.23. The van der Waals surface area contributed by atoms with Gasteiger partial charge in [0.05, 0.1) is 25.8 Å². The normalized spacial score (nSPS) is 10.8. The molecule has 18 heavy (non-hydrogen) atoms. The largest absolute Gasteiger partial charge is 1.00 e. The van der Waals surface area contributed by atoms with Crippen molar-refractivity contribution in [1.29, 1.82) is 0 Å². The van der Waals surface area contributed by atoms with Gasteiger partial charge in [-0.05, 0) is 32.0 Å². The van der Waals surface area contributed by atoms with Gasteiger partial charge in [-0.3, -0.25) is 0 Å². The van der Waals surface area contributed by atoms with Gasteiger partial charge in [-0.25, -0.2) is 0 Å². The first-order valence-electron chi connectivity index (χ1n) is 6.12. The Hall–Kier alpha value is -1.13. The van der Waals surface area contributed by atoms with Crippen molar-refractivity contribution in [2.75, 3.05) is 44.8 Å². The van der Waals surface area contributed by atoms with Crippen LogP contribution in [0.1, 0.15) is 13.8 Å². The monoisotopic (exact) mass is 273 g/mol. The molecular weight excluding hydrogens is 250 g/mol. The van der Waals surface area contributed by atoms with Gasteiger partial charge < -0.3 is 33.1 Å². The van der Waals surface area contributed by atoms with Crippen LogP contribution < -0.4 is 28.6 Å². The van der Waals surface area contributed by atoms with E-state index in [9.17, 15) is 0 Å². The summed E-state index contributed by atoms with van der Waals surface area (Å²) in [4.78, 5) is 0. The third kappa shape index (κ3) is 4.63. The van der Waals surface area contributed by atoms with Crippen LogP contribution in [0.3, 0.4) is 0 Å². The Bertz CT molecular complexity index is 367. The van der Waals surface area contributed by atoms with Gasteiger partial charge in [-0.15, -0.1) is 0 Å². The Morgan fingerprint density at radius 3 is 2.28 bits per heavy atom. The number of likely N-dealkylation sites (N-methyl/N-ethyl adjacent to an activating group) is 1. The molecule has 1 aromatic rings. The molecule has 0 radical (unpaired) electrons. The Morgan fingerprint density at radius 2 is 1.78 bits per heavy atom.